The van der Waals surface area contributed by atoms with Gasteiger partial charge in [-0.2, -0.15) is 5.26 Å². The zero-order valence-electron chi connectivity index (χ0n) is 12.8. The van der Waals surface area contributed by atoms with Gasteiger partial charge in [-0.3, -0.25) is 10.1 Å². The molecule has 1 heterocycles. The highest BCUT2D eigenvalue weighted by molar-refractivity contribution is 5.71. The van der Waals surface area contributed by atoms with Crippen LogP contribution in [0.25, 0.3) is 0 Å². The van der Waals surface area contributed by atoms with Gasteiger partial charge in [-0.1, -0.05) is 42.5 Å². The Morgan fingerprint density at radius 2 is 2.04 bits per heavy atom. The largest absolute Gasteiger partial charge is 0.377 e. The van der Waals surface area contributed by atoms with E-state index in [0.29, 0.717) is 11.5 Å². The Hall–Kier alpha value is -3.13. The van der Waals surface area contributed by atoms with Crippen LogP contribution in [-0.4, -0.2) is 4.92 Å². The van der Waals surface area contributed by atoms with Crippen LogP contribution in [0.2, 0.25) is 0 Å². The molecule has 4 rings (SSSR count). The zero-order valence-corrected chi connectivity index (χ0v) is 12.8. The predicted molar refractivity (Wildman–Crippen MR) is 90.6 cm³/mol. The molecule has 5 heteroatoms. The lowest BCUT2D eigenvalue weighted by Crippen LogP contribution is -2.29. The average Bonchev–Trinajstić information content (AvgIpc) is 3.10. The highest BCUT2D eigenvalue weighted by Gasteiger charge is 2.39. The van der Waals surface area contributed by atoms with E-state index in [1.807, 2.05) is 18.2 Å². The van der Waals surface area contributed by atoms with E-state index in [-0.39, 0.29) is 17.6 Å². The number of anilines is 1. The first-order valence-corrected chi connectivity index (χ1v) is 7.89. The third-order valence-corrected chi connectivity index (χ3v) is 4.94. The summed E-state index contributed by atoms with van der Waals surface area (Å²) in [6.07, 6.45) is 5.17. The van der Waals surface area contributed by atoms with Gasteiger partial charge in [-0.05, 0) is 23.5 Å². The van der Waals surface area contributed by atoms with Gasteiger partial charge in [-0.25, -0.2) is 0 Å². The number of nitro benzene ring substituents is 1. The van der Waals surface area contributed by atoms with Crippen LogP contribution in [-0.2, 0) is 0 Å². The maximum absolute atomic E-state index is 11.2. The number of nitrogens with zero attached hydrogens (tertiary/aromatic N) is 2. The molecule has 0 saturated heterocycles. The molecule has 0 spiro atoms. The lowest BCUT2D eigenvalue weighted by molar-refractivity contribution is -0.384. The molecule has 2 aliphatic rings. The third kappa shape index (κ3) is 2.16. The predicted octanol–water partition coefficient (Wildman–Crippen LogP) is 4.29. The van der Waals surface area contributed by atoms with Gasteiger partial charge in [0.15, 0.2) is 0 Å². The zero-order chi connectivity index (χ0) is 16.7. The molecular weight excluding hydrogens is 302 g/mol. The van der Waals surface area contributed by atoms with E-state index < -0.39 is 4.92 Å². The van der Waals surface area contributed by atoms with Crippen molar-refractivity contribution in [3.05, 3.63) is 81.4 Å². The van der Waals surface area contributed by atoms with Crippen LogP contribution in [0.15, 0.2) is 54.6 Å². The first kappa shape index (κ1) is 14.5. The van der Waals surface area contributed by atoms with E-state index in [0.717, 1.165) is 17.7 Å². The van der Waals surface area contributed by atoms with Crippen molar-refractivity contribution in [2.75, 3.05) is 5.32 Å². The Morgan fingerprint density at radius 3 is 2.75 bits per heavy atom. The van der Waals surface area contributed by atoms with Gasteiger partial charge in [0.25, 0.3) is 5.69 Å². The molecule has 0 aromatic heterocycles. The number of non-ortho nitro benzene ring substituents is 1. The summed E-state index contributed by atoms with van der Waals surface area (Å²) in [5.74, 6) is 0.395. The van der Waals surface area contributed by atoms with Gasteiger partial charge in [-0.15, -0.1) is 0 Å². The van der Waals surface area contributed by atoms with Gasteiger partial charge in [0.2, 0.25) is 0 Å². The molecule has 0 bridgehead atoms. The van der Waals surface area contributed by atoms with Crippen molar-refractivity contribution in [3.8, 4) is 6.07 Å². The number of nitriles is 1. The lowest BCUT2D eigenvalue weighted by atomic mass is 9.76. The molecule has 2 aromatic rings. The Labute approximate surface area is 139 Å². The van der Waals surface area contributed by atoms with Crippen molar-refractivity contribution >= 4 is 11.4 Å². The van der Waals surface area contributed by atoms with Crippen molar-refractivity contribution in [1.82, 2.24) is 0 Å². The minimum atomic E-state index is -0.432. The number of benzene rings is 2. The first-order valence-electron chi connectivity index (χ1n) is 7.89. The van der Waals surface area contributed by atoms with Crippen molar-refractivity contribution in [3.63, 3.8) is 0 Å². The Morgan fingerprint density at radius 1 is 1.25 bits per heavy atom. The van der Waals surface area contributed by atoms with Crippen LogP contribution in [0.4, 0.5) is 11.4 Å². The summed E-state index contributed by atoms with van der Waals surface area (Å²) >= 11 is 0. The van der Waals surface area contributed by atoms with Gasteiger partial charge < -0.3 is 5.32 Å². The SMILES string of the molecule is N#Cc1cc([N+](=O)[O-])cc2c1N[C@@H](c1ccccc1)[C@H]1CC=C[C@@H]21. The molecule has 5 nitrogen and oxygen atoms in total. The maximum Gasteiger partial charge on any atom is 0.271 e. The standard InChI is InChI=1S/C19H15N3O2/c20-11-13-9-14(22(23)24)10-17-15-7-4-8-16(15)18(21-19(13)17)12-5-2-1-3-6-12/h1-7,9-10,15-16,18,21H,8H2/t15-,16+,18+/m1/s1. The van der Waals surface area contributed by atoms with Crippen molar-refractivity contribution in [1.29, 1.82) is 5.26 Å². The van der Waals surface area contributed by atoms with Crippen LogP contribution in [0.1, 0.15) is 35.1 Å². The van der Waals surface area contributed by atoms with Crippen molar-refractivity contribution in [2.24, 2.45) is 5.92 Å². The monoisotopic (exact) mass is 317 g/mol. The minimum absolute atomic E-state index is 0.0238. The van der Waals surface area contributed by atoms with E-state index in [4.69, 9.17) is 0 Å². The number of allylic oxidation sites excluding steroid dienone is 2. The minimum Gasteiger partial charge on any atom is -0.377 e. The molecule has 0 unspecified atom stereocenters. The molecule has 1 N–H and O–H groups in total. The molecule has 1 aliphatic heterocycles. The second kappa shape index (κ2) is 5.50. The van der Waals surface area contributed by atoms with Crippen LogP contribution in [0, 0.1) is 27.4 Å². The smallest absolute Gasteiger partial charge is 0.271 e. The molecular formula is C19H15N3O2. The highest BCUT2D eigenvalue weighted by Crippen LogP contribution is 2.51. The average molecular weight is 317 g/mol. The fourth-order valence-corrected chi connectivity index (χ4v) is 3.87. The lowest BCUT2D eigenvalue weighted by Gasteiger charge is -2.37. The molecule has 118 valence electrons. The second-order valence-corrected chi connectivity index (χ2v) is 6.21. The van der Waals surface area contributed by atoms with Gasteiger partial charge in [0.1, 0.15) is 6.07 Å². The fourth-order valence-electron chi connectivity index (χ4n) is 3.87. The Bertz CT molecular complexity index is 883. The molecule has 0 amide bonds. The van der Waals surface area contributed by atoms with Crippen molar-refractivity contribution < 1.29 is 4.92 Å². The molecule has 24 heavy (non-hydrogen) atoms. The van der Waals surface area contributed by atoms with Crippen LogP contribution in [0.5, 0.6) is 0 Å². The topological polar surface area (TPSA) is 79.0 Å². The van der Waals surface area contributed by atoms with Crippen LogP contribution >= 0.6 is 0 Å². The fraction of sp³-hybridized carbons (Fsp3) is 0.211. The number of hydrogen-bond acceptors (Lipinski definition) is 4. The number of hydrogen-bond donors (Lipinski definition) is 1. The van der Waals surface area contributed by atoms with E-state index in [1.165, 1.54) is 11.6 Å². The Balaban J connectivity index is 1.88. The normalized spacial score (nSPS) is 23.7. The molecule has 1 aliphatic carbocycles. The van der Waals surface area contributed by atoms with E-state index in [9.17, 15) is 15.4 Å². The van der Waals surface area contributed by atoms with Gasteiger partial charge in [0.05, 0.1) is 22.2 Å². The van der Waals surface area contributed by atoms with Crippen LogP contribution in [0.3, 0.4) is 0 Å². The number of nitro groups is 1. The van der Waals surface area contributed by atoms with Crippen LogP contribution < -0.4 is 5.32 Å². The Kier molecular flexibility index (Phi) is 3.31. The first-order chi connectivity index (χ1) is 11.7. The quantitative estimate of drug-likeness (QED) is 0.509. The number of rotatable bonds is 2. The summed E-state index contributed by atoms with van der Waals surface area (Å²) in [5, 5.41) is 24.1. The summed E-state index contributed by atoms with van der Waals surface area (Å²) in [4.78, 5) is 10.8. The summed E-state index contributed by atoms with van der Waals surface area (Å²) < 4.78 is 0. The van der Waals surface area contributed by atoms with Gasteiger partial charge in [0, 0.05) is 18.1 Å². The van der Waals surface area contributed by atoms with E-state index in [2.05, 4.69) is 35.7 Å². The molecule has 2 aromatic carbocycles. The van der Waals surface area contributed by atoms with Gasteiger partial charge >= 0.3 is 0 Å². The van der Waals surface area contributed by atoms with E-state index in [1.54, 1.807) is 6.07 Å². The van der Waals surface area contributed by atoms with Crippen molar-refractivity contribution in [2.45, 2.75) is 18.4 Å². The number of nitrogens with one attached hydrogen (secondary N) is 1. The van der Waals surface area contributed by atoms with E-state index >= 15 is 0 Å². The summed E-state index contributed by atoms with van der Waals surface area (Å²) in [7, 11) is 0. The summed E-state index contributed by atoms with van der Waals surface area (Å²) in [6.45, 7) is 0. The summed E-state index contributed by atoms with van der Waals surface area (Å²) in [5.41, 5.74) is 3.06. The molecule has 0 saturated carbocycles. The molecule has 0 radical (unpaired) electrons. The number of fused-ring (bicyclic) bond motifs is 3. The third-order valence-electron chi connectivity index (χ3n) is 4.94. The summed E-state index contributed by atoms with van der Waals surface area (Å²) in [6, 6.07) is 15.3. The highest BCUT2D eigenvalue weighted by atomic mass is 16.6. The molecule has 3 atom stereocenters. The molecule has 0 fully saturated rings. The second-order valence-electron chi connectivity index (χ2n) is 6.21. The maximum atomic E-state index is 11.2.